The second-order valence-electron chi connectivity index (χ2n) is 6.41. The van der Waals surface area contributed by atoms with E-state index in [9.17, 15) is 0 Å². The molecule has 0 fully saturated rings. The third-order valence-electron chi connectivity index (χ3n) is 4.25. The molecule has 0 aliphatic heterocycles. The molecule has 4 aromatic rings. The predicted octanol–water partition coefficient (Wildman–Crippen LogP) is 4.64. The smallest absolute Gasteiger partial charge is 0.229 e. The van der Waals surface area contributed by atoms with Crippen molar-refractivity contribution in [2.45, 2.75) is 6.54 Å². The van der Waals surface area contributed by atoms with Crippen molar-refractivity contribution in [1.82, 2.24) is 9.97 Å². The second-order valence-corrected chi connectivity index (χ2v) is 6.41. The minimum absolute atomic E-state index is 0.549. The Balaban J connectivity index is 1.62. The summed E-state index contributed by atoms with van der Waals surface area (Å²) in [7, 11) is 4.04. The topological polar surface area (TPSA) is 66.2 Å². The van der Waals surface area contributed by atoms with Crippen LogP contribution in [0.4, 0.5) is 23.1 Å². The van der Waals surface area contributed by atoms with Crippen LogP contribution >= 0.6 is 0 Å². The molecule has 136 valence electrons. The molecule has 2 aromatic heterocycles. The number of rotatable bonds is 6. The van der Waals surface area contributed by atoms with Gasteiger partial charge in [0, 0.05) is 30.9 Å². The summed E-state index contributed by atoms with van der Waals surface area (Å²) in [6, 6.07) is 19.9. The van der Waals surface area contributed by atoms with Gasteiger partial charge in [0.2, 0.25) is 5.95 Å². The number of nitrogens with zero attached hydrogens (tertiary/aromatic N) is 3. The molecule has 6 heteroatoms. The highest BCUT2D eigenvalue weighted by molar-refractivity contribution is 5.90. The van der Waals surface area contributed by atoms with Gasteiger partial charge < -0.3 is 20.0 Å². The van der Waals surface area contributed by atoms with Crippen molar-refractivity contribution in [2.24, 2.45) is 0 Å². The minimum Gasteiger partial charge on any atom is -0.467 e. The van der Waals surface area contributed by atoms with Gasteiger partial charge in [0.25, 0.3) is 0 Å². The quantitative estimate of drug-likeness (QED) is 0.523. The van der Waals surface area contributed by atoms with Gasteiger partial charge in [-0.2, -0.15) is 4.98 Å². The number of hydrogen-bond donors (Lipinski definition) is 2. The monoisotopic (exact) mass is 359 g/mol. The number of nitrogens with one attached hydrogen (secondary N) is 2. The number of benzene rings is 2. The van der Waals surface area contributed by atoms with Crippen molar-refractivity contribution in [3.05, 3.63) is 72.7 Å². The van der Waals surface area contributed by atoms with E-state index in [0.717, 1.165) is 33.9 Å². The van der Waals surface area contributed by atoms with Gasteiger partial charge in [0.1, 0.15) is 11.6 Å². The lowest BCUT2D eigenvalue weighted by atomic mass is 10.2. The number of anilines is 4. The molecule has 27 heavy (non-hydrogen) atoms. The fourth-order valence-corrected chi connectivity index (χ4v) is 2.82. The molecule has 0 atom stereocenters. The van der Waals surface area contributed by atoms with Crippen molar-refractivity contribution in [2.75, 3.05) is 29.6 Å². The molecule has 4 rings (SSSR count). The van der Waals surface area contributed by atoms with E-state index in [4.69, 9.17) is 4.42 Å². The number of fused-ring (bicyclic) bond motifs is 1. The maximum absolute atomic E-state index is 5.40. The Labute approximate surface area is 157 Å². The van der Waals surface area contributed by atoms with E-state index < -0.39 is 0 Å². The van der Waals surface area contributed by atoms with Crippen LogP contribution in [0.2, 0.25) is 0 Å². The minimum atomic E-state index is 0.549. The normalized spacial score (nSPS) is 10.7. The number of para-hydroxylation sites is 1. The molecule has 0 radical (unpaired) electrons. The Kier molecular flexibility index (Phi) is 4.61. The van der Waals surface area contributed by atoms with Gasteiger partial charge >= 0.3 is 0 Å². The van der Waals surface area contributed by atoms with Gasteiger partial charge in [-0.1, -0.05) is 12.1 Å². The summed E-state index contributed by atoms with van der Waals surface area (Å²) in [6.45, 7) is 0.560. The molecule has 0 unspecified atom stereocenters. The molecule has 0 bridgehead atoms. The Hall–Kier alpha value is -3.54. The van der Waals surface area contributed by atoms with E-state index in [0.29, 0.717) is 12.5 Å². The SMILES string of the molecule is CN(C)c1ccc(Nc2nc(NCc3ccco3)c3ccccc3n2)cc1. The van der Waals surface area contributed by atoms with Crippen LogP contribution in [0, 0.1) is 0 Å². The Morgan fingerprint density at radius 3 is 2.48 bits per heavy atom. The van der Waals surface area contributed by atoms with Crippen LogP contribution in [0.3, 0.4) is 0 Å². The van der Waals surface area contributed by atoms with E-state index in [2.05, 4.69) is 37.6 Å². The Bertz CT molecular complexity index is 1030. The molecule has 0 saturated heterocycles. The summed E-state index contributed by atoms with van der Waals surface area (Å²) >= 11 is 0. The third kappa shape index (κ3) is 3.84. The maximum atomic E-state index is 5.40. The summed E-state index contributed by atoms with van der Waals surface area (Å²) in [4.78, 5) is 11.4. The highest BCUT2D eigenvalue weighted by Gasteiger charge is 2.08. The zero-order valence-corrected chi connectivity index (χ0v) is 15.3. The van der Waals surface area contributed by atoms with E-state index in [1.165, 1.54) is 0 Å². The van der Waals surface area contributed by atoms with Crippen molar-refractivity contribution >= 4 is 34.0 Å². The van der Waals surface area contributed by atoms with Crippen molar-refractivity contribution in [1.29, 1.82) is 0 Å². The first-order valence-electron chi connectivity index (χ1n) is 8.76. The van der Waals surface area contributed by atoms with Crippen molar-refractivity contribution < 1.29 is 4.42 Å². The Morgan fingerprint density at radius 2 is 1.74 bits per heavy atom. The predicted molar refractivity (Wildman–Crippen MR) is 110 cm³/mol. The van der Waals surface area contributed by atoms with Crippen molar-refractivity contribution in [3.63, 3.8) is 0 Å². The summed E-state index contributed by atoms with van der Waals surface area (Å²) in [5.41, 5.74) is 2.95. The van der Waals surface area contributed by atoms with E-state index >= 15 is 0 Å². The first-order chi connectivity index (χ1) is 13.2. The lowest BCUT2D eigenvalue weighted by Crippen LogP contribution is -2.08. The van der Waals surface area contributed by atoms with Crippen LogP contribution in [0.25, 0.3) is 10.9 Å². The molecule has 0 aliphatic rings. The fraction of sp³-hybridized carbons (Fsp3) is 0.143. The molecule has 6 nitrogen and oxygen atoms in total. The lowest BCUT2D eigenvalue weighted by Gasteiger charge is -2.14. The summed E-state index contributed by atoms with van der Waals surface area (Å²) in [5, 5.41) is 7.61. The molecular formula is C21H21N5O. The molecule has 2 aromatic carbocycles. The first-order valence-corrected chi connectivity index (χ1v) is 8.76. The summed E-state index contributed by atoms with van der Waals surface area (Å²) in [6.07, 6.45) is 1.67. The number of furan rings is 1. The maximum Gasteiger partial charge on any atom is 0.229 e. The van der Waals surface area contributed by atoms with Crippen LogP contribution < -0.4 is 15.5 Å². The molecule has 2 heterocycles. The van der Waals surface area contributed by atoms with Gasteiger partial charge in [0.05, 0.1) is 18.3 Å². The summed E-state index contributed by atoms with van der Waals surface area (Å²) in [5.74, 6) is 2.17. The van der Waals surface area contributed by atoms with Crippen LogP contribution in [0.1, 0.15) is 5.76 Å². The standard InChI is InChI=1S/C21H21N5O/c1-26(2)16-11-9-15(10-12-16)23-21-24-19-8-4-3-7-18(19)20(25-21)22-14-17-6-5-13-27-17/h3-13H,14H2,1-2H3,(H2,22,23,24,25). The lowest BCUT2D eigenvalue weighted by molar-refractivity contribution is 0.518. The van der Waals surface area contributed by atoms with Crippen molar-refractivity contribution in [3.8, 4) is 0 Å². The van der Waals surface area contributed by atoms with Crippen LogP contribution in [0.5, 0.6) is 0 Å². The van der Waals surface area contributed by atoms with E-state index in [1.54, 1.807) is 6.26 Å². The van der Waals surface area contributed by atoms with Gasteiger partial charge in [-0.15, -0.1) is 0 Å². The highest BCUT2D eigenvalue weighted by Crippen LogP contribution is 2.25. The molecule has 0 aliphatic carbocycles. The average Bonchev–Trinajstić information content (AvgIpc) is 3.20. The second kappa shape index (κ2) is 7.37. The molecule has 0 spiro atoms. The van der Waals surface area contributed by atoms with Gasteiger partial charge in [-0.05, 0) is 48.5 Å². The molecule has 0 amide bonds. The number of hydrogen-bond acceptors (Lipinski definition) is 6. The average molecular weight is 359 g/mol. The van der Waals surface area contributed by atoms with E-state index in [-0.39, 0.29) is 0 Å². The highest BCUT2D eigenvalue weighted by atomic mass is 16.3. The largest absolute Gasteiger partial charge is 0.467 e. The zero-order valence-electron chi connectivity index (χ0n) is 15.3. The van der Waals surface area contributed by atoms with Gasteiger partial charge in [-0.25, -0.2) is 4.98 Å². The Morgan fingerprint density at radius 1 is 0.926 bits per heavy atom. The molecular weight excluding hydrogens is 338 g/mol. The number of aromatic nitrogens is 2. The third-order valence-corrected chi connectivity index (χ3v) is 4.25. The first kappa shape index (κ1) is 16.9. The molecule has 0 saturated carbocycles. The summed E-state index contributed by atoms with van der Waals surface area (Å²) < 4.78 is 5.40. The van der Waals surface area contributed by atoms with E-state index in [1.807, 2.05) is 62.6 Å². The fourth-order valence-electron chi connectivity index (χ4n) is 2.82. The van der Waals surface area contributed by atoms with Crippen LogP contribution in [-0.2, 0) is 6.54 Å². The van der Waals surface area contributed by atoms with Gasteiger partial charge in [0.15, 0.2) is 0 Å². The zero-order chi connectivity index (χ0) is 18.6. The van der Waals surface area contributed by atoms with Crippen LogP contribution in [-0.4, -0.2) is 24.1 Å². The van der Waals surface area contributed by atoms with Crippen LogP contribution in [0.15, 0.2) is 71.3 Å². The van der Waals surface area contributed by atoms with Gasteiger partial charge in [-0.3, -0.25) is 0 Å². The molecule has 2 N–H and O–H groups in total.